The molecule has 0 radical (unpaired) electrons. The lowest BCUT2D eigenvalue weighted by molar-refractivity contribution is -0.0104. The van der Waals surface area contributed by atoms with Gasteiger partial charge in [0.2, 0.25) is 0 Å². The quantitative estimate of drug-likeness (QED) is 0.482. The zero-order valence-electron chi connectivity index (χ0n) is 14.1. The summed E-state index contributed by atoms with van der Waals surface area (Å²) in [7, 11) is -2.42. The third-order valence-corrected chi connectivity index (χ3v) is 4.63. The van der Waals surface area contributed by atoms with Crippen LogP contribution in [0.5, 0.6) is 0 Å². The number of hydrogen-bond acceptors (Lipinski definition) is 6. The van der Waals surface area contributed by atoms with E-state index in [0.717, 1.165) is 0 Å². The molecule has 1 rings (SSSR count). The van der Waals surface area contributed by atoms with Crippen molar-refractivity contribution in [3.8, 4) is 0 Å². The number of ether oxygens (including phenoxy) is 3. The summed E-state index contributed by atoms with van der Waals surface area (Å²) in [5.41, 5.74) is 0. The molecule has 0 bridgehead atoms. The Labute approximate surface area is 132 Å². The van der Waals surface area contributed by atoms with Crippen LogP contribution in [0, 0.1) is 11.8 Å². The van der Waals surface area contributed by atoms with Gasteiger partial charge in [0.1, 0.15) is 0 Å². The average molecular weight is 340 g/mol. The summed E-state index contributed by atoms with van der Waals surface area (Å²) < 4.78 is 38.1. The van der Waals surface area contributed by atoms with Gasteiger partial charge in [-0.3, -0.25) is 9.05 Å². The van der Waals surface area contributed by atoms with Crippen molar-refractivity contribution in [2.45, 2.75) is 46.0 Å². The van der Waals surface area contributed by atoms with Gasteiger partial charge >= 0.3 is 7.82 Å². The van der Waals surface area contributed by atoms with Gasteiger partial charge < -0.3 is 19.1 Å². The Bertz CT molecular complexity index is 361. The molecular weight excluding hydrogens is 311 g/mol. The SMILES string of the molecule is COCCO[C@H]1CO[C@H](COP(=O)(O)OC(C)C)C1C(C)C. The average Bonchev–Trinajstić information content (AvgIpc) is 2.78. The summed E-state index contributed by atoms with van der Waals surface area (Å²) in [4.78, 5) is 9.62. The highest BCUT2D eigenvalue weighted by atomic mass is 31.2. The lowest BCUT2D eigenvalue weighted by Gasteiger charge is -2.27. The second-order valence-corrected chi connectivity index (χ2v) is 7.42. The van der Waals surface area contributed by atoms with Crippen LogP contribution >= 0.6 is 7.82 Å². The van der Waals surface area contributed by atoms with Crippen molar-refractivity contribution in [1.29, 1.82) is 0 Å². The van der Waals surface area contributed by atoms with Crippen molar-refractivity contribution in [3.63, 3.8) is 0 Å². The van der Waals surface area contributed by atoms with Crippen molar-refractivity contribution in [3.05, 3.63) is 0 Å². The fraction of sp³-hybridized carbons (Fsp3) is 1.00. The zero-order chi connectivity index (χ0) is 16.8. The molecule has 8 heteroatoms. The maximum absolute atomic E-state index is 11.8. The van der Waals surface area contributed by atoms with Gasteiger partial charge in [0.25, 0.3) is 0 Å². The van der Waals surface area contributed by atoms with E-state index < -0.39 is 7.82 Å². The van der Waals surface area contributed by atoms with Crippen molar-refractivity contribution >= 4 is 7.82 Å². The van der Waals surface area contributed by atoms with Gasteiger partial charge in [-0.05, 0) is 19.8 Å². The number of phosphoric acid groups is 1. The van der Waals surface area contributed by atoms with E-state index in [4.69, 9.17) is 23.3 Å². The minimum absolute atomic E-state index is 0.00742. The third kappa shape index (κ3) is 6.62. The maximum Gasteiger partial charge on any atom is 0.472 e. The minimum Gasteiger partial charge on any atom is -0.382 e. The van der Waals surface area contributed by atoms with E-state index in [9.17, 15) is 9.46 Å². The second-order valence-electron chi connectivity index (χ2n) is 6.01. The van der Waals surface area contributed by atoms with Gasteiger partial charge in [-0.2, -0.15) is 0 Å². The molecule has 1 fully saturated rings. The van der Waals surface area contributed by atoms with Crippen LogP contribution in [-0.4, -0.2) is 56.7 Å². The van der Waals surface area contributed by atoms with Crippen LogP contribution in [0.4, 0.5) is 0 Å². The monoisotopic (exact) mass is 340 g/mol. The van der Waals surface area contributed by atoms with Crippen LogP contribution in [0.2, 0.25) is 0 Å². The molecule has 7 nitrogen and oxygen atoms in total. The van der Waals surface area contributed by atoms with Crippen LogP contribution in [0.15, 0.2) is 0 Å². The molecule has 22 heavy (non-hydrogen) atoms. The Balaban J connectivity index is 2.53. The molecule has 1 aliphatic rings. The van der Waals surface area contributed by atoms with Gasteiger partial charge in [0.05, 0.1) is 44.7 Å². The smallest absolute Gasteiger partial charge is 0.382 e. The summed E-state index contributed by atoms with van der Waals surface area (Å²) in [5, 5.41) is 0. The van der Waals surface area contributed by atoms with Crippen molar-refractivity contribution in [2.24, 2.45) is 11.8 Å². The summed E-state index contributed by atoms with van der Waals surface area (Å²) >= 11 is 0. The highest BCUT2D eigenvalue weighted by Gasteiger charge is 2.41. The zero-order valence-corrected chi connectivity index (χ0v) is 15.0. The molecule has 0 aliphatic carbocycles. The van der Waals surface area contributed by atoms with Crippen molar-refractivity contribution < 1.29 is 32.7 Å². The Morgan fingerprint density at radius 3 is 2.50 bits per heavy atom. The van der Waals surface area contributed by atoms with E-state index in [1.807, 2.05) is 0 Å². The first-order valence-electron chi connectivity index (χ1n) is 7.64. The summed E-state index contributed by atoms with van der Waals surface area (Å²) in [6.45, 7) is 8.97. The number of hydrogen-bond donors (Lipinski definition) is 1. The van der Waals surface area contributed by atoms with Gasteiger partial charge in [-0.25, -0.2) is 4.57 Å². The van der Waals surface area contributed by atoms with Crippen LogP contribution in [0.1, 0.15) is 27.7 Å². The molecule has 2 unspecified atom stereocenters. The summed E-state index contributed by atoms with van der Waals surface area (Å²) in [6, 6.07) is 0. The Morgan fingerprint density at radius 2 is 1.95 bits per heavy atom. The first-order valence-corrected chi connectivity index (χ1v) is 9.14. The Hall–Kier alpha value is -0.0100. The molecule has 132 valence electrons. The van der Waals surface area contributed by atoms with E-state index in [2.05, 4.69) is 13.8 Å². The van der Waals surface area contributed by atoms with E-state index >= 15 is 0 Å². The van der Waals surface area contributed by atoms with E-state index in [1.165, 1.54) is 0 Å². The highest BCUT2D eigenvalue weighted by molar-refractivity contribution is 7.47. The Kier molecular flexibility index (Phi) is 8.49. The molecule has 0 aromatic rings. The van der Waals surface area contributed by atoms with Gasteiger partial charge in [0, 0.05) is 13.0 Å². The lowest BCUT2D eigenvalue weighted by atomic mass is 9.88. The van der Waals surface area contributed by atoms with Gasteiger partial charge in [0.15, 0.2) is 0 Å². The van der Waals surface area contributed by atoms with E-state index in [-0.39, 0.29) is 30.8 Å². The first kappa shape index (κ1) is 20.0. The maximum atomic E-state index is 11.8. The standard InChI is InChI=1S/C14H29O7P/c1-10(2)14-12(18-7-6-17-5)8-19-13(14)9-20-22(15,16)21-11(3)4/h10-14H,6-9H2,1-5H3,(H,15,16)/t12-,13+,14?/m0/s1. The molecule has 0 aromatic heterocycles. The van der Waals surface area contributed by atoms with Crippen LogP contribution in [0.25, 0.3) is 0 Å². The van der Waals surface area contributed by atoms with Crippen molar-refractivity contribution in [2.75, 3.05) is 33.5 Å². The molecular formula is C14H29O7P. The lowest BCUT2D eigenvalue weighted by Crippen LogP contribution is -2.34. The Morgan fingerprint density at radius 1 is 1.27 bits per heavy atom. The largest absolute Gasteiger partial charge is 0.472 e. The van der Waals surface area contributed by atoms with Gasteiger partial charge in [-0.15, -0.1) is 0 Å². The van der Waals surface area contributed by atoms with E-state index in [0.29, 0.717) is 25.7 Å². The number of rotatable bonds is 10. The van der Waals surface area contributed by atoms with Crippen molar-refractivity contribution in [1.82, 2.24) is 0 Å². The summed E-state index contributed by atoms with van der Waals surface area (Å²) in [5.74, 6) is 0.392. The van der Waals surface area contributed by atoms with Crippen LogP contribution < -0.4 is 0 Å². The number of methoxy groups -OCH3 is 1. The molecule has 0 amide bonds. The molecule has 1 N–H and O–H groups in total. The highest BCUT2D eigenvalue weighted by Crippen LogP contribution is 2.45. The minimum atomic E-state index is -4.04. The molecule has 0 aromatic carbocycles. The van der Waals surface area contributed by atoms with Crippen LogP contribution in [-0.2, 0) is 27.8 Å². The molecule has 4 atom stereocenters. The normalized spacial score (nSPS) is 28.5. The molecule has 1 saturated heterocycles. The molecule has 1 aliphatic heterocycles. The first-order chi connectivity index (χ1) is 10.3. The predicted molar refractivity (Wildman–Crippen MR) is 81.7 cm³/mol. The third-order valence-electron chi connectivity index (χ3n) is 3.47. The topological polar surface area (TPSA) is 83.5 Å². The molecule has 0 spiro atoms. The van der Waals surface area contributed by atoms with Crippen LogP contribution in [0.3, 0.4) is 0 Å². The number of phosphoric ester groups is 1. The fourth-order valence-corrected chi connectivity index (χ4v) is 3.53. The predicted octanol–water partition coefficient (Wildman–Crippen LogP) is 2.23. The second kappa shape index (κ2) is 9.33. The molecule has 0 saturated carbocycles. The summed E-state index contributed by atoms with van der Waals surface area (Å²) in [6.07, 6.45) is -0.733. The van der Waals surface area contributed by atoms with Gasteiger partial charge in [-0.1, -0.05) is 13.8 Å². The fourth-order valence-electron chi connectivity index (χ4n) is 2.60. The molecule has 1 heterocycles. The van der Waals surface area contributed by atoms with E-state index in [1.54, 1.807) is 21.0 Å².